The van der Waals surface area contributed by atoms with Crippen molar-refractivity contribution in [3.8, 4) is 0 Å². The number of Topliss-reactive ketones (excluding diaryl/α,β-unsaturated/α-hetero) is 1. The Morgan fingerprint density at radius 2 is 2.50 bits per heavy atom. The molecule has 0 heterocycles. The van der Waals surface area contributed by atoms with Gasteiger partial charge in [0.1, 0.15) is 0 Å². The van der Waals surface area contributed by atoms with E-state index in [0.29, 0.717) is 12.3 Å². The minimum Gasteiger partial charge on any atom is -0.295 e. The zero-order valence-electron chi connectivity index (χ0n) is 7.27. The highest BCUT2D eigenvalue weighted by molar-refractivity contribution is 14.1. The fraction of sp³-hybridized carbons (Fsp3) is 0.500. The molecule has 0 radical (unpaired) electrons. The molecular weight excluding hydrogens is 263 g/mol. The number of ketones is 1. The van der Waals surface area contributed by atoms with Gasteiger partial charge in [0.25, 0.3) is 0 Å². The van der Waals surface area contributed by atoms with Crippen LogP contribution in [0.15, 0.2) is 23.8 Å². The standard InChI is InChI=1S/C10H13IO/c1-7-3-4-9(5-10(7)12)8(2)6-11/h3,9H,2,4-6H2,1H3. The molecule has 1 aliphatic carbocycles. The fourth-order valence-corrected chi connectivity index (χ4v) is 1.94. The summed E-state index contributed by atoms with van der Waals surface area (Å²) >= 11 is 2.30. The van der Waals surface area contributed by atoms with E-state index < -0.39 is 0 Å². The van der Waals surface area contributed by atoms with E-state index >= 15 is 0 Å². The zero-order valence-corrected chi connectivity index (χ0v) is 9.43. The number of hydrogen-bond acceptors (Lipinski definition) is 1. The third kappa shape index (κ3) is 2.19. The van der Waals surface area contributed by atoms with Gasteiger partial charge in [-0.2, -0.15) is 0 Å². The van der Waals surface area contributed by atoms with Gasteiger partial charge in [-0.3, -0.25) is 4.79 Å². The van der Waals surface area contributed by atoms with Crippen LogP contribution in [0.25, 0.3) is 0 Å². The average molecular weight is 276 g/mol. The maximum Gasteiger partial charge on any atom is 0.158 e. The van der Waals surface area contributed by atoms with Crippen molar-refractivity contribution < 1.29 is 4.79 Å². The molecule has 1 unspecified atom stereocenters. The molecule has 0 aromatic heterocycles. The van der Waals surface area contributed by atoms with Crippen LogP contribution in [0.1, 0.15) is 19.8 Å². The van der Waals surface area contributed by atoms with Crippen molar-refractivity contribution in [1.29, 1.82) is 0 Å². The first-order chi connectivity index (χ1) is 5.65. The summed E-state index contributed by atoms with van der Waals surface area (Å²) in [7, 11) is 0. The number of carbonyl (C=O) groups excluding carboxylic acids is 1. The van der Waals surface area contributed by atoms with Crippen LogP contribution >= 0.6 is 22.6 Å². The number of carbonyl (C=O) groups is 1. The van der Waals surface area contributed by atoms with Gasteiger partial charge in [0.15, 0.2) is 5.78 Å². The second-order valence-corrected chi connectivity index (χ2v) is 4.00. The van der Waals surface area contributed by atoms with Gasteiger partial charge >= 0.3 is 0 Å². The monoisotopic (exact) mass is 276 g/mol. The molecule has 0 N–H and O–H groups in total. The Kier molecular flexibility index (Phi) is 3.50. The minimum absolute atomic E-state index is 0.289. The molecule has 1 atom stereocenters. The third-order valence-electron chi connectivity index (χ3n) is 2.33. The van der Waals surface area contributed by atoms with Crippen LogP contribution in [-0.4, -0.2) is 10.2 Å². The number of allylic oxidation sites excluding steroid dienone is 3. The Morgan fingerprint density at radius 1 is 1.83 bits per heavy atom. The lowest BCUT2D eigenvalue weighted by atomic mass is 9.85. The van der Waals surface area contributed by atoms with Crippen LogP contribution in [0.3, 0.4) is 0 Å². The van der Waals surface area contributed by atoms with Gasteiger partial charge in [-0.15, -0.1) is 0 Å². The molecule has 0 fully saturated rings. The Labute approximate surface area is 87.1 Å². The molecule has 1 nitrogen and oxygen atoms in total. The SMILES string of the molecule is C=C(CI)C1CC=C(C)C(=O)C1. The Hall–Kier alpha value is -0.120. The van der Waals surface area contributed by atoms with E-state index in [0.717, 1.165) is 16.4 Å². The normalized spacial score (nSPS) is 23.7. The number of halogens is 1. The molecule has 0 aliphatic heterocycles. The lowest BCUT2D eigenvalue weighted by molar-refractivity contribution is -0.116. The van der Waals surface area contributed by atoms with E-state index in [1.807, 2.05) is 13.0 Å². The van der Waals surface area contributed by atoms with Gasteiger partial charge in [0, 0.05) is 10.8 Å². The van der Waals surface area contributed by atoms with Crippen molar-refractivity contribution in [3.05, 3.63) is 23.8 Å². The topological polar surface area (TPSA) is 17.1 Å². The van der Waals surface area contributed by atoms with Gasteiger partial charge in [-0.1, -0.05) is 40.8 Å². The lowest BCUT2D eigenvalue weighted by Crippen LogP contribution is -2.16. The summed E-state index contributed by atoms with van der Waals surface area (Å²) in [5.74, 6) is 0.690. The summed E-state index contributed by atoms with van der Waals surface area (Å²) in [6.07, 6.45) is 3.71. The molecule has 0 aromatic carbocycles. The lowest BCUT2D eigenvalue weighted by Gasteiger charge is -2.20. The van der Waals surface area contributed by atoms with E-state index in [4.69, 9.17) is 0 Å². The molecule has 0 aromatic rings. The van der Waals surface area contributed by atoms with E-state index in [2.05, 4.69) is 29.2 Å². The predicted molar refractivity (Wildman–Crippen MR) is 59.5 cm³/mol. The summed E-state index contributed by atoms with van der Waals surface area (Å²) in [4.78, 5) is 11.3. The highest BCUT2D eigenvalue weighted by atomic mass is 127. The van der Waals surface area contributed by atoms with Gasteiger partial charge in [0.2, 0.25) is 0 Å². The smallest absolute Gasteiger partial charge is 0.158 e. The largest absolute Gasteiger partial charge is 0.295 e. The second-order valence-electron chi connectivity index (χ2n) is 3.24. The molecule has 0 spiro atoms. The second kappa shape index (κ2) is 4.21. The summed E-state index contributed by atoms with van der Waals surface area (Å²) in [6, 6.07) is 0. The molecule has 1 rings (SSSR count). The molecule has 66 valence electrons. The highest BCUT2D eigenvalue weighted by Gasteiger charge is 2.20. The van der Waals surface area contributed by atoms with Crippen LogP contribution in [-0.2, 0) is 4.79 Å². The molecule has 12 heavy (non-hydrogen) atoms. The zero-order chi connectivity index (χ0) is 9.14. The van der Waals surface area contributed by atoms with Crippen molar-refractivity contribution in [1.82, 2.24) is 0 Å². The Bertz CT molecular complexity index is 240. The maximum absolute atomic E-state index is 11.3. The fourth-order valence-electron chi connectivity index (χ4n) is 1.32. The number of alkyl halides is 1. The van der Waals surface area contributed by atoms with Crippen LogP contribution in [0.2, 0.25) is 0 Å². The first-order valence-electron chi connectivity index (χ1n) is 4.08. The van der Waals surface area contributed by atoms with E-state index in [1.54, 1.807) is 0 Å². The van der Waals surface area contributed by atoms with Gasteiger partial charge in [-0.05, 0) is 24.8 Å². The highest BCUT2D eigenvalue weighted by Crippen LogP contribution is 2.26. The molecule has 0 bridgehead atoms. The van der Waals surface area contributed by atoms with Crippen molar-refractivity contribution in [2.75, 3.05) is 4.43 Å². The van der Waals surface area contributed by atoms with Crippen LogP contribution in [0.4, 0.5) is 0 Å². The first-order valence-corrected chi connectivity index (χ1v) is 5.61. The van der Waals surface area contributed by atoms with E-state index in [1.165, 1.54) is 5.57 Å². The van der Waals surface area contributed by atoms with Gasteiger partial charge in [0.05, 0.1) is 0 Å². The quantitative estimate of drug-likeness (QED) is 0.430. The minimum atomic E-state index is 0.289. The first kappa shape index (κ1) is 9.96. The predicted octanol–water partition coefficient (Wildman–Crippen LogP) is 2.90. The van der Waals surface area contributed by atoms with Crippen molar-refractivity contribution in [2.45, 2.75) is 19.8 Å². The summed E-state index contributed by atoms with van der Waals surface area (Å²) in [6.45, 7) is 5.86. The number of rotatable bonds is 2. The average Bonchev–Trinajstić information content (AvgIpc) is 2.08. The van der Waals surface area contributed by atoms with Gasteiger partial charge in [-0.25, -0.2) is 0 Å². The molecule has 0 saturated heterocycles. The maximum atomic E-state index is 11.3. The Balaban J connectivity index is 2.65. The van der Waals surface area contributed by atoms with Crippen LogP contribution in [0, 0.1) is 5.92 Å². The van der Waals surface area contributed by atoms with Crippen molar-refractivity contribution >= 4 is 28.4 Å². The van der Waals surface area contributed by atoms with Gasteiger partial charge < -0.3 is 0 Å². The van der Waals surface area contributed by atoms with Crippen molar-refractivity contribution in [3.63, 3.8) is 0 Å². The summed E-state index contributed by atoms with van der Waals surface area (Å²) in [5, 5.41) is 0. The molecule has 1 aliphatic rings. The summed E-state index contributed by atoms with van der Waals surface area (Å²) in [5.41, 5.74) is 2.13. The molecule has 0 amide bonds. The molecule has 0 saturated carbocycles. The number of hydrogen-bond donors (Lipinski definition) is 0. The molecular formula is C10H13IO. The van der Waals surface area contributed by atoms with Crippen molar-refractivity contribution in [2.24, 2.45) is 5.92 Å². The summed E-state index contributed by atoms with van der Waals surface area (Å²) < 4.78 is 0.961. The van der Waals surface area contributed by atoms with E-state index in [9.17, 15) is 4.79 Å². The Morgan fingerprint density at radius 3 is 3.00 bits per heavy atom. The van der Waals surface area contributed by atoms with Crippen LogP contribution in [0.5, 0.6) is 0 Å². The van der Waals surface area contributed by atoms with Crippen LogP contribution < -0.4 is 0 Å². The molecule has 2 heteroatoms. The third-order valence-corrected chi connectivity index (χ3v) is 3.31. The van der Waals surface area contributed by atoms with E-state index in [-0.39, 0.29) is 5.78 Å².